The second kappa shape index (κ2) is 6.66. The highest BCUT2D eigenvalue weighted by atomic mass is 32.2. The van der Waals surface area contributed by atoms with E-state index in [1.165, 1.54) is 0 Å². The quantitative estimate of drug-likeness (QED) is 0.846. The Balaban J connectivity index is 1.40. The molecule has 5 rings (SSSR count). The summed E-state index contributed by atoms with van der Waals surface area (Å²) in [7, 11) is -3.59. The van der Waals surface area contributed by atoms with Crippen molar-refractivity contribution in [2.45, 2.75) is 55.4 Å². The lowest BCUT2D eigenvalue weighted by Crippen LogP contribution is -2.39. The number of carbonyl (C=O) groups excluding carboxylic acids is 1. The van der Waals surface area contributed by atoms with Gasteiger partial charge in [-0.3, -0.25) is 4.79 Å². The maximum Gasteiger partial charge on any atom is 0.243 e. The first kappa shape index (κ1) is 17.8. The van der Waals surface area contributed by atoms with Gasteiger partial charge in [0, 0.05) is 37.2 Å². The van der Waals surface area contributed by atoms with Crippen molar-refractivity contribution < 1.29 is 13.2 Å². The van der Waals surface area contributed by atoms with Crippen LogP contribution in [0.4, 0.5) is 5.69 Å². The first-order valence-electron chi connectivity index (χ1n) is 9.85. The van der Waals surface area contributed by atoms with Crippen LogP contribution in [0.3, 0.4) is 0 Å². The predicted octanol–water partition coefficient (Wildman–Crippen LogP) is 2.07. The van der Waals surface area contributed by atoms with Crippen LogP contribution in [0.1, 0.15) is 55.5 Å². The summed E-state index contributed by atoms with van der Waals surface area (Å²) in [6.45, 7) is 0.950. The molecule has 0 unspecified atom stereocenters. The number of piperidine rings is 1. The molecule has 0 spiro atoms. The molecule has 2 fully saturated rings. The summed E-state index contributed by atoms with van der Waals surface area (Å²) < 4.78 is 30.3. The molecule has 2 aromatic rings. The second-order valence-corrected chi connectivity index (χ2v) is 9.83. The molecule has 8 nitrogen and oxygen atoms in total. The van der Waals surface area contributed by atoms with Gasteiger partial charge in [0.15, 0.2) is 0 Å². The Morgan fingerprint density at radius 2 is 2.00 bits per heavy atom. The monoisotopic (exact) mass is 401 g/mol. The molecule has 0 radical (unpaired) electrons. The fourth-order valence-corrected chi connectivity index (χ4v) is 5.79. The summed E-state index contributed by atoms with van der Waals surface area (Å²) >= 11 is 0. The summed E-state index contributed by atoms with van der Waals surface area (Å²) in [5.74, 6) is 0.959. The Labute approximate surface area is 164 Å². The second-order valence-electron chi connectivity index (χ2n) is 7.90. The minimum absolute atomic E-state index is 0.0262. The number of benzene rings is 1. The van der Waals surface area contributed by atoms with E-state index in [0.29, 0.717) is 42.6 Å². The Morgan fingerprint density at radius 3 is 2.82 bits per heavy atom. The molecule has 1 N–H and O–H groups in total. The smallest absolute Gasteiger partial charge is 0.243 e. The number of fused-ring (bicyclic) bond motifs is 1. The number of amides is 1. The van der Waals surface area contributed by atoms with Crippen molar-refractivity contribution in [3.05, 3.63) is 35.9 Å². The van der Waals surface area contributed by atoms with Crippen molar-refractivity contribution in [1.29, 1.82) is 0 Å². The summed E-state index contributed by atoms with van der Waals surface area (Å²) in [5.41, 5.74) is 1.59. The van der Waals surface area contributed by atoms with Crippen LogP contribution in [0.25, 0.3) is 0 Å². The van der Waals surface area contributed by atoms with Crippen LogP contribution in [0.5, 0.6) is 0 Å². The molecule has 0 bridgehead atoms. The first-order valence-corrected chi connectivity index (χ1v) is 11.3. The van der Waals surface area contributed by atoms with Crippen molar-refractivity contribution in [1.82, 2.24) is 19.1 Å². The van der Waals surface area contributed by atoms with Gasteiger partial charge >= 0.3 is 0 Å². The highest BCUT2D eigenvalue weighted by Crippen LogP contribution is 2.38. The largest absolute Gasteiger partial charge is 0.326 e. The molecule has 1 saturated heterocycles. The minimum atomic E-state index is -3.59. The van der Waals surface area contributed by atoms with E-state index in [0.717, 1.165) is 37.1 Å². The van der Waals surface area contributed by atoms with Gasteiger partial charge in [0.05, 0.1) is 4.90 Å². The van der Waals surface area contributed by atoms with E-state index in [-0.39, 0.29) is 11.8 Å². The number of sulfonamides is 1. The lowest BCUT2D eigenvalue weighted by atomic mass is 9.99. The van der Waals surface area contributed by atoms with Crippen molar-refractivity contribution in [2.75, 3.05) is 18.4 Å². The lowest BCUT2D eigenvalue weighted by Gasteiger charge is -2.32. The number of aromatic nitrogens is 3. The molecule has 2 aliphatic heterocycles. The molecule has 3 aliphatic rings. The van der Waals surface area contributed by atoms with Gasteiger partial charge in [-0.2, -0.15) is 4.31 Å². The number of rotatable bonds is 4. The number of nitrogens with zero attached hydrogens (tertiary/aromatic N) is 4. The normalized spacial score (nSPS) is 23.3. The highest BCUT2D eigenvalue weighted by molar-refractivity contribution is 7.89. The molecule has 1 aromatic carbocycles. The van der Waals surface area contributed by atoms with Gasteiger partial charge in [-0.15, -0.1) is 10.2 Å². The third-order valence-corrected chi connectivity index (χ3v) is 7.76. The van der Waals surface area contributed by atoms with Crippen LogP contribution in [-0.4, -0.2) is 46.5 Å². The molecule has 1 saturated carbocycles. The highest BCUT2D eigenvalue weighted by Gasteiger charge is 2.35. The molecule has 1 aromatic heterocycles. The van der Waals surface area contributed by atoms with Crippen LogP contribution in [0, 0.1) is 0 Å². The summed E-state index contributed by atoms with van der Waals surface area (Å²) in [6, 6.07) is 5.48. The number of hydrogen-bond donors (Lipinski definition) is 1. The van der Waals surface area contributed by atoms with Crippen molar-refractivity contribution in [2.24, 2.45) is 0 Å². The van der Waals surface area contributed by atoms with E-state index >= 15 is 0 Å². The number of carbonyl (C=O) groups is 1. The van der Waals surface area contributed by atoms with E-state index in [2.05, 4.69) is 20.1 Å². The topological polar surface area (TPSA) is 97.2 Å². The Kier molecular flexibility index (Phi) is 4.24. The van der Waals surface area contributed by atoms with Gasteiger partial charge in [0.25, 0.3) is 0 Å². The Morgan fingerprint density at radius 1 is 1.14 bits per heavy atom. The van der Waals surface area contributed by atoms with Gasteiger partial charge in [-0.05, 0) is 55.9 Å². The van der Waals surface area contributed by atoms with Gasteiger partial charge in [-0.1, -0.05) is 0 Å². The van der Waals surface area contributed by atoms with E-state index < -0.39 is 10.0 Å². The molecule has 1 aliphatic carbocycles. The molecule has 148 valence electrons. The maximum absolute atomic E-state index is 13.3. The number of hydrogen-bond acceptors (Lipinski definition) is 5. The fraction of sp³-hybridized carbons (Fsp3) is 0.526. The molecule has 28 heavy (non-hydrogen) atoms. The SMILES string of the molecule is O=C1CCc2cc(S(=O)(=O)N3CCC[C@H](c4nncn4C4CC4)C3)ccc2N1. The van der Waals surface area contributed by atoms with Crippen LogP contribution in [0.2, 0.25) is 0 Å². The third-order valence-electron chi connectivity index (χ3n) is 5.90. The van der Waals surface area contributed by atoms with Crippen molar-refractivity contribution >= 4 is 21.6 Å². The molecule has 3 heterocycles. The van der Waals surface area contributed by atoms with Gasteiger partial charge < -0.3 is 9.88 Å². The summed E-state index contributed by atoms with van der Waals surface area (Å²) in [4.78, 5) is 11.8. The van der Waals surface area contributed by atoms with E-state index in [4.69, 9.17) is 0 Å². The molecule has 9 heteroatoms. The predicted molar refractivity (Wildman–Crippen MR) is 102 cm³/mol. The molecular weight excluding hydrogens is 378 g/mol. The van der Waals surface area contributed by atoms with Crippen LogP contribution < -0.4 is 5.32 Å². The fourth-order valence-electron chi connectivity index (χ4n) is 4.22. The number of anilines is 1. The maximum atomic E-state index is 13.3. The average Bonchev–Trinajstić information content (AvgIpc) is 3.44. The lowest BCUT2D eigenvalue weighted by molar-refractivity contribution is -0.116. The van der Waals surface area contributed by atoms with Crippen molar-refractivity contribution in [3.8, 4) is 0 Å². The first-order chi connectivity index (χ1) is 13.5. The summed E-state index contributed by atoms with van der Waals surface area (Å²) in [5, 5.41) is 11.2. The van der Waals surface area contributed by atoms with Gasteiger partial charge in [0.1, 0.15) is 12.2 Å². The van der Waals surface area contributed by atoms with Gasteiger partial charge in [-0.25, -0.2) is 8.42 Å². The number of nitrogens with one attached hydrogen (secondary N) is 1. The summed E-state index contributed by atoms with van der Waals surface area (Å²) in [6.07, 6.45) is 6.75. The standard InChI is InChI=1S/C19H23N5O3S/c25-18-8-3-13-10-16(6-7-17(13)21-18)28(26,27)23-9-1-2-14(11-23)19-22-20-12-24(19)15-4-5-15/h6-7,10,12,14-15H,1-5,8-9,11H2,(H,21,25)/t14-/m0/s1. The van der Waals surface area contributed by atoms with Crippen LogP contribution >= 0.6 is 0 Å². The Hall–Kier alpha value is -2.26. The molecular formula is C19H23N5O3S. The number of aryl methyl sites for hydroxylation is 1. The molecule has 1 amide bonds. The van der Waals surface area contributed by atoms with E-state index in [1.54, 1.807) is 28.8 Å². The van der Waals surface area contributed by atoms with Crippen molar-refractivity contribution in [3.63, 3.8) is 0 Å². The zero-order valence-electron chi connectivity index (χ0n) is 15.5. The van der Waals surface area contributed by atoms with E-state index in [9.17, 15) is 13.2 Å². The zero-order valence-corrected chi connectivity index (χ0v) is 16.4. The van der Waals surface area contributed by atoms with Crippen LogP contribution in [0.15, 0.2) is 29.4 Å². The molecule has 1 atom stereocenters. The minimum Gasteiger partial charge on any atom is -0.326 e. The zero-order chi connectivity index (χ0) is 19.3. The van der Waals surface area contributed by atoms with E-state index in [1.807, 2.05) is 0 Å². The average molecular weight is 401 g/mol. The van der Waals surface area contributed by atoms with Crippen LogP contribution in [-0.2, 0) is 21.2 Å². The van der Waals surface area contributed by atoms with Gasteiger partial charge in [0.2, 0.25) is 15.9 Å². The third kappa shape index (κ3) is 3.12. The Bertz CT molecular complexity index is 1030.